The van der Waals surface area contributed by atoms with Gasteiger partial charge < -0.3 is 14.8 Å². The molecule has 35 heavy (non-hydrogen) atoms. The van der Waals surface area contributed by atoms with E-state index in [2.05, 4.69) is 103 Å². The number of nitrogens with one attached hydrogen (secondary N) is 1. The Bertz CT molecular complexity index is 1320. The van der Waals surface area contributed by atoms with Crippen molar-refractivity contribution in [3.63, 3.8) is 0 Å². The normalized spacial score (nSPS) is 17.6. The highest BCUT2D eigenvalue weighted by Crippen LogP contribution is 2.43. The molecule has 0 aliphatic carbocycles. The molecule has 1 N–H and O–H groups in total. The molecule has 0 spiro atoms. The van der Waals surface area contributed by atoms with Crippen LogP contribution in [0.2, 0.25) is 0 Å². The van der Waals surface area contributed by atoms with E-state index in [4.69, 9.17) is 17.2 Å². The summed E-state index contributed by atoms with van der Waals surface area (Å²) in [6.07, 6.45) is 3.91. The van der Waals surface area contributed by atoms with E-state index in [9.17, 15) is 0 Å². The smallest absolute Gasteiger partial charge is 0.174 e. The molecule has 0 saturated carbocycles. The van der Waals surface area contributed by atoms with Gasteiger partial charge in [-0.1, -0.05) is 44.2 Å². The average molecular weight is 481 g/mol. The first-order valence-electron chi connectivity index (χ1n) is 12.4. The molecule has 4 nitrogen and oxygen atoms in total. The van der Waals surface area contributed by atoms with Crippen molar-refractivity contribution < 1.29 is 0 Å². The number of hydrogen-bond donors (Lipinski definition) is 1. The minimum atomic E-state index is -0.0500. The number of anilines is 1. The summed E-state index contributed by atoms with van der Waals surface area (Å²) < 4.78 is 2.35. The summed E-state index contributed by atoms with van der Waals surface area (Å²) in [4.78, 5) is 6.97. The molecule has 0 bridgehead atoms. The fourth-order valence-electron chi connectivity index (χ4n) is 5.21. The number of pyridine rings is 1. The van der Waals surface area contributed by atoms with Gasteiger partial charge in [-0.15, -0.1) is 0 Å². The Labute approximate surface area is 213 Å². The van der Waals surface area contributed by atoms with E-state index in [0.29, 0.717) is 0 Å². The van der Waals surface area contributed by atoms with E-state index < -0.39 is 0 Å². The van der Waals surface area contributed by atoms with Crippen LogP contribution in [0.1, 0.15) is 59.7 Å². The molecule has 1 aliphatic heterocycles. The molecule has 2 aromatic carbocycles. The molecule has 1 aliphatic rings. The van der Waals surface area contributed by atoms with Gasteiger partial charge in [0.15, 0.2) is 5.11 Å². The van der Waals surface area contributed by atoms with Gasteiger partial charge in [-0.05, 0) is 98.1 Å². The van der Waals surface area contributed by atoms with Crippen LogP contribution in [0.15, 0.2) is 79.0 Å². The molecule has 3 heterocycles. The molecular weight excluding hydrogens is 448 g/mol. The van der Waals surface area contributed by atoms with Gasteiger partial charge in [0, 0.05) is 29.0 Å². The quantitative estimate of drug-likeness (QED) is 0.308. The highest BCUT2D eigenvalue weighted by Gasteiger charge is 2.42. The van der Waals surface area contributed by atoms with Gasteiger partial charge in [-0.25, -0.2) is 0 Å². The summed E-state index contributed by atoms with van der Waals surface area (Å²) in [5.41, 5.74) is 9.62. The van der Waals surface area contributed by atoms with Crippen LogP contribution in [0.5, 0.6) is 0 Å². The van der Waals surface area contributed by atoms with E-state index in [0.717, 1.165) is 29.3 Å². The van der Waals surface area contributed by atoms with Crippen LogP contribution >= 0.6 is 12.2 Å². The van der Waals surface area contributed by atoms with E-state index in [1.165, 1.54) is 33.8 Å². The zero-order valence-corrected chi connectivity index (χ0v) is 21.6. The molecular formula is C30H32N4S. The predicted molar refractivity (Wildman–Crippen MR) is 148 cm³/mol. The lowest BCUT2D eigenvalue weighted by Crippen LogP contribution is -2.29. The first-order valence-corrected chi connectivity index (χ1v) is 12.8. The molecule has 5 heteroatoms. The van der Waals surface area contributed by atoms with Crippen molar-refractivity contribution in [1.29, 1.82) is 0 Å². The van der Waals surface area contributed by atoms with Gasteiger partial charge >= 0.3 is 0 Å². The van der Waals surface area contributed by atoms with Crippen molar-refractivity contribution in [3.8, 4) is 5.69 Å². The minimum Gasteiger partial charge on any atom is -0.351 e. The largest absolute Gasteiger partial charge is 0.351 e. The van der Waals surface area contributed by atoms with Crippen molar-refractivity contribution in [2.24, 2.45) is 0 Å². The Morgan fingerprint density at radius 3 is 2.06 bits per heavy atom. The Morgan fingerprint density at radius 1 is 0.857 bits per heavy atom. The first-order chi connectivity index (χ1) is 17.0. The van der Waals surface area contributed by atoms with Crippen LogP contribution < -0.4 is 10.2 Å². The third-order valence-corrected chi connectivity index (χ3v) is 7.43. The van der Waals surface area contributed by atoms with Crippen molar-refractivity contribution in [2.45, 2.75) is 52.6 Å². The van der Waals surface area contributed by atoms with Gasteiger partial charge in [0.05, 0.1) is 17.8 Å². The van der Waals surface area contributed by atoms with E-state index >= 15 is 0 Å². The number of thiocarbonyl (C=S) groups is 1. The molecule has 1 saturated heterocycles. The average Bonchev–Trinajstić information content (AvgIpc) is 3.39. The Balaban J connectivity index is 1.64. The van der Waals surface area contributed by atoms with Crippen LogP contribution in [0, 0.1) is 13.8 Å². The summed E-state index contributed by atoms with van der Waals surface area (Å²) in [6.45, 7) is 8.76. The lowest BCUT2D eigenvalue weighted by atomic mass is 9.96. The number of nitrogens with zero attached hydrogens (tertiary/aromatic N) is 3. The van der Waals surface area contributed by atoms with Crippen molar-refractivity contribution in [1.82, 2.24) is 14.9 Å². The third kappa shape index (κ3) is 4.25. The maximum atomic E-state index is 5.92. The summed E-state index contributed by atoms with van der Waals surface area (Å²) in [5.74, 6) is 0. The lowest BCUT2D eigenvalue weighted by Gasteiger charge is -2.28. The molecule has 1 fully saturated rings. The number of hydrogen-bond acceptors (Lipinski definition) is 2. The summed E-state index contributed by atoms with van der Waals surface area (Å²) in [7, 11) is 0. The molecule has 2 aromatic heterocycles. The summed E-state index contributed by atoms with van der Waals surface area (Å²) in [5, 5.41) is 4.32. The van der Waals surface area contributed by atoms with Gasteiger partial charge in [0.1, 0.15) is 0 Å². The van der Waals surface area contributed by atoms with Crippen LogP contribution in [-0.2, 0) is 12.8 Å². The molecule has 4 aromatic rings. The monoisotopic (exact) mass is 480 g/mol. The van der Waals surface area contributed by atoms with E-state index in [1.807, 2.05) is 18.3 Å². The second-order valence-electron chi connectivity index (χ2n) is 9.20. The zero-order chi connectivity index (χ0) is 24.5. The first kappa shape index (κ1) is 23.3. The third-order valence-electron chi connectivity index (χ3n) is 7.11. The molecule has 2 unspecified atom stereocenters. The lowest BCUT2D eigenvalue weighted by molar-refractivity contribution is 0.565. The van der Waals surface area contributed by atoms with Crippen LogP contribution in [0.4, 0.5) is 5.69 Å². The molecule has 5 rings (SSSR count). The van der Waals surface area contributed by atoms with Crippen molar-refractivity contribution >= 4 is 23.0 Å². The second-order valence-corrected chi connectivity index (χ2v) is 9.59. The number of rotatable bonds is 6. The fourth-order valence-corrected chi connectivity index (χ4v) is 5.55. The molecule has 178 valence electrons. The molecule has 0 amide bonds. The molecule has 2 atom stereocenters. The molecule has 0 radical (unpaired) electrons. The number of aromatic nitrogens is 2. The van der Waals surface area contributed by atoms with Gasteiger partial charge in [-0.3, -0.25) is 4.98 Å². The summed E-state index contributed by atoms with van der Waals surface area (Å²) >= 11 is 5.92. The van der Waals surface area contributed by atoms with Crippen LogP contribution in [-0.4, -0.2) is 14.7 Å². The van der Waals surface area contributed by atoms with E-state index in [-0.39, 0.29) is 12.1 Å². The maximum absolute atomic E-state index is 5.92. The van der Waals surface area contributed by atoms with Crippen LogP contribution in [0.25, 0.3) is 5.69 Å². The standard InChI is InChI=1S/C30H32N4S/c1-5-22-10-14-24(15-11-22)33-20(3)19-26(21(33)4)29-28(27-9-7-8-18-31-27)32-30(35)34(29)25-16-12-23(6-2)13-17-25/h7-19,28-29H,5-6H2,1-4H3,(H,32,35). The number of aryl methyl sites for hydroxylation is 3. The number of benzene rings is 2. The van der Waals surface area contributed by atoms with Crippen molar-refractivity contribution in [3.05, 3.63) is 113 Å². The highest BCUT2D eigenvalue weighted by molar-refractivity contribution is 7.80. The van der Waals surface area contributed by atoms with Gasteiger partial charge in [0.2, 0.25) is 0 Å². The SMILES string of the molecule is CCc1ccc(N2C(=S)NC(c3ccccn3)C2c2cc(C)n(-c3ccc(CC)cc3)c2C)cc1. The van der Waals surface area contributed by atoms with Crippen molar-refractivity contribution in [2.75, 3.05) is 4.90 Å². The van der Waals surface area contributed by atoms with Gasteiger partial charge in [0.25, 0.3) is 0 Å². The fraction of sp³-hybridized carbons (Fsp3) is 0.267. The Hall–Kier alpha value is -3.44. The topological polar surface area (TPSA) is 33.1 Å². The van der Waals surface area contributed by atoms with E-state index in [1.54, 1.807) is 0 Å². The Kier molecular flexibility index (Phi) is 6.44. The predicted octanol–water partition coefficient (Wildman–Crippen LogP) is 6.79. The second kappa shape index (κ2) is 9.67. The highest BCUT2D eigenvalue weighted by atomic mass is 32.1. The van der Waals surface area contributed by atoms with Gasteiger partial charge in [-0.2, -0.15) is 0 Å². The maximum Gasteiger partial charge on any atom is 0.174 e. The summed E-state index contributed by atoms with van der Waals surface area (Å²) in [6, 6.07) is 26.0. The van der Waals surface area contributed by atoms with Crippen LogP contribution in [0.3, 0.4) is 0 Å². The minimum absolute atomic E-state index is 0.0141. The zero-order valence-electron chi connectivity index (χ0n) is 20.8. The Morgan fingerprint density at radius 2 is 1.49 bits per heavy atom.